The van der Waals surface area contributed by atoms with E-state index < -0.39 is 0 Å². The number of carbonyl (C=O) groups excluding carboxylic acids is 1. The highest BCUT2D eigenvalue weighted by Crippen LogP contribution is 2.17. The van der Waals surface area contributed by atoms with Crippen LogP contribution >= 0.6 is 0 Å². The Hall–Kier alpha value is -0.450. The van der Waals surface area contributed by atoms with Crippen LogP contribution in [0.3, 0.4) is 0 Å². The van der Waals surface area contributed by atoms with Gasteiger partial charge in [-0.2, -0.15) is 0 Å². The first-order chi connectivity index (χ1) is 6.94. The summed E-state index contributed by atoms with van der Waals surface area (Å²) in [6.45, 7) is 8.16. The quantitative estimate of drug-likeness (QED) is 0.645. The molecule has 4 nitrogen and oxygen atoms in total. The number of carbonyl (C=O) groups is 1. The van der Waals surface area contributed by atoms with Crippen LogP contribution in [-0.2, 0) is 9.53 Å². The van der Waals surface area contributed by atoms with Gasteiger partial charge in [0.25, 0.3) is 0 Å². The Kier molecular flexibility index (Phi) is 6.72. The standard InChI is InChI=1S/C11H23NO3/c1-10(14)11(2,3)9-12(5-7-13)6-8-15-4/h13H,5-9H2,1-4H3. The minimum absolute atomic E-state index is 0.109. The topological polar surface area (TPSA) is 49.8 Å². The second-order valence-electron chi connectivity index (χ2n) is 4.43. The molecule has 0 aromatic rings. The molecule has 0 aromatic carbocycles. The fourth-order valence-corrected chi connectivity index (χ4v) is 1.30. The molecule has 0 aliphatic carbocycles. The van der Waals surface area contributed by atoms with Crippen molar-refractivity contribution >= 4 is 5.78 Å². The molecule has 1 N–H and O–H groups in total. The van der Waals surface area contributed by atoms with Crippen molar-refractivity contribution in [3.8, 4) is 0 Å². The molecule has 90 valence electrons. The number of Topliss-reactive ketones (excluding diaryl/α,β-unsaturated/α-hetero) is 1. The van der Waals surface area contributed by atoms with Crippen LogP contribution in [0.2, 0.25) is 0 Å². The summed E-state index contributed by atoms with van der Waals surface area (Å²) in [6, 6.07) is 0. The van der Waals surface area contributed by atoms with Crippen LogP contribution in [-0.4, -0.2) is 55.7 Å². The summed E-state index contributed by atoms with van der Waals surface area (Å²) in [7, 11) is 1.65. The molecular formula is C11H23NO3. The molecule has 0 atom stereocenters. The average molecular weight is 217 g/mol. The monoisotopic (exact) mass is 217 g/mol. The fourth-order valence-electron chi connectivity index (χ4n) is 1.30. The minimum atomic E-state index is -0.358. The van der Waals surface area contributed by atoms with Gasteiger partial charge in [-0.05, 0) is 6.92 Å². The Labute approximate surface area is 92.2 Å². The van der Waals surface area contributed by atoms with Crippen molar-refractivity contribution in [2.24, 2.45) is 5.41 Å². The molecular weight excluding hydrogens is 194 g/mol. The molecule has 4 heteroatoms. The molecule has 0 heterocycles. The van der Waals surface area contributed by atoms with Crippen molar-refractivity contribution in [3.63, 3.8) is 0 Å². The highest BCUT2D eigenvalue weighted by Gasteiger charge is 2.26. The maximum atomic E-state index is 11.4. The number of ketones is 1. The van der Waals surface area contributed by atoms with Crippen LogP contribution < -0.4 is 0 Å². The van der Waals surface area contributed by atoms with Gasteiger partial charge < -0.3 is 9.84 Å². The van der Waals surface area contributed by atoms with Crippen molar-refractivity contribution in [2.45, 2.75) is 20.8 Å². The lowest BCUT2D eigenvalue weighted by atomic mass is 9.88. The van der Waals surface area contributed by atoms with Gasteiger partial charge in [0.05, 0.1) is 13.2 Å². The number of nitrogens with zero attached hydrogens (tertiary/aromatic N) is 1. The maximum Gasteiger partial charge on any atom is 0.136 e. The first-order valence-corrected chi connectivity index (χ1v) is 5.27. The molecule has 0 unspecified atom stereocenters. The summed E-state index contributed by atoms with van der Waals surface area (Å²) in [5.41, 5.74) is -0.358. The van der Waals surface area contributed by atoms with Gasteiger partial charge in [-0.15, -0.1) is 0 Å². The zero-order valence-corrected chi connectivity index (χ0v) is 10.2. The van der Waals surface area contributed by atoms with E-state index in [0.717, 1.165) is 6.54 Å². The highest BCUT2D eigenvalue weighted by atomic mass is 16.5. The molecule has 0 saturated heterocycles. The van der Waals surface area contributed by atoms with Crippen molar-refractivity contribution in [3.05, 3.63) is 0 Å². The van der Waals surface area contributed by atoms with Gasteiger partial charge in [0.2, 0.25) is 0 Å². The summed E-state index contributed by atoms with van der Waals surface area (Å²) in [5.74, 6) is 0.169. The Bertz CT molecular complexity index is 192. The smallest absolute Gasteiger partial charge is 0.136 e. The van der Waals surface area contributed by atoms with Crippen molar-refractivity contribution in [1.82, 2.24) is 4.90 Å². The van der Waals surface area contributed by atoms with Gasteiger partial charge in [-0.3, -0.25) is 9.69 Å². The van der Waals surface area contributed by atoms with Gasteiger partial charge >= 0.3 is 0 Å². The lowest BCUT2D eigenvalue weighted by molar-refractivity contribution is -0.126. The minimum Gasteiger partial charge on any atom is -0.395 e. The van der Waals surface area contributed by atoms with Crippen LogP contribution in [0, 0.1) is 5.41 Å². The molecule has 0 aliphatic rings. The first kappa shape index (κ1) is 14.6. The van der Waals surface area contributed by atoms with Crippen LogP contribution in [0.1, 0.15) is 20.8 Å². The number of ether oxygens (including phenoxy) is 1. The van der Waals surface area contributed by atoms with E-state index in [1.807, 2.05) is 18.7 Å². The second kappa shape index (κ2) is 6.93. The summed E-state index contributed by atoms with van der Waals surface area (Å²) in [6.07, 6.45) is 0. The molecule has 0 spiro atoms. The van der Waals surface area contributed by atoms with Gasteiger partial charge in [0.15, 0.2) is 0 Å². The molecule has 0 aliphatic heterocycles. The Morgan fingerprint density at radius 3 is 2.40 bits per heavy atom. The molecule has 0 aromatic heterocycles. The number of rotatable bonds is 8. The maximum absolute atomic E-state index is 11.4. The van der Waals surface area contributed by atoms with Crippen LogP contribution in [0.5, 0.6) is 0 Å². The Morgan fingerprint density at radius 2 is 2.00 bits per heavy atom. The average Bonchev–Trinajstić information content (AvgIpc) is 2.14. The summed E-state index contributed by atoms with van der Waals surface area (Å²) >= 11 is 0. The molecule has 0 rings (SSSR count). The normalized spacial score (nSPS) is 12.1. The van der Waals surface area contributed by atoms with Gasteiger partial charge in [-0.1, -0.05) is 13.8 Å². The molecule has 15 heavy (non-hydrogen) atoms. The lowest BCUT2D eigenvalue weighted by Gasteiger charge is -2.30. The summed E-state index contributed by atoms with van der Waals surface area (Å²) in [4.78, 5) is 13.4. The number of aliphatic hydroxyl groups is 1. The third-order valence-electron chi connectivity index (χ3n) is 2.60. The number of hydrogen-bond donors (Lipinski definition) is 1. The van der Waals surface area contributed by atoms with Crippen LogP contribution in [0.4, 0.5) is 0 Å². The fraction of sp³-hybridized carbons (Fsp3) is 0.909. The third kappa shape index (κ3) is 5.87. The van der Waals surface area contributed by atoms with Gasteiger partial charge in [0.1, 0.15) is 5.78 Å². The molecule has 0 bridgehead atoms. The van der Waals surface area contributed by atoms with Crippen molar-refractivity contribution in [1.29, 1.82) is 0 Å². The Morgan fingerprint density at radius 1 is 1.40 bits per heavy atom. The van der Waals surface area contributed by atoms with Crippen LogP contribution in [0.25, 0.3) is 0 Å². The largest absolute Gasteiger partial charge is 0.395 e. The van der Waals surface area contributed by atoms with E-state index >= 15 is 0 Å². The first-order valence-electron chi connectivity index (χ1n) is 5.27. The number of hydrogen-bond acceptors (Lipinski definition) is 4. The number of aliphatic hydroxyl groups excluding tert-OH is 1. The van der Waals surface area contributed by atoms with Gasteiger partial charge in [0, 0.05) is 32.2 Å². The molecule has 0 fully saturated rings. The molecule has 0 amide bonds. The van der Waals surface area contributed by atoms with E-state index in [4.69, 9.17) is 9.84 Å². The number of methoxy groups -OCH3 is 1. The van der Waals surface area contributed by atoms with E-state index in [-0.39, 0.29) is 17.8 Å². The second-order valence-corrected chi connectivity index (χ2v) is 4.43. The van der Waals surface area contributed by atoms with E-state index in [2.05, 4.69) is 0 Å². The van der Waals surface area contributed by atoms with E-state index in [1.54, 1.807) is 14.0 Å². The summed E-state index contributed by atoms with van der Waals surface area (Å²) in [5, 5.41) is 8.90. The predicted molar refractivity (Wildman–Crippen MR) is 59.9 cm³/mol. The molecule has 0 radical (unpaired) electrons. The van der Waals surface area contributed by atoms with Gasteiger partial charge in [-0.25, -0.2) is 0 Å². The SMILES string of the molecule is COCCN(CCO)CC(C)(C)C(C)=O. The van der Waals surface area contributed by atoms with E-state index in [1.165, 1.54) is 0 Å². The third-order valence-corrected chi connectivity index (χ3v) is 2.60. The van der Waals surface area contributed by atoms with Crippen molar-refractivity contribution in [2.75, 3.05) is 40.0 Å². The van der Waals surface area contributed by atoms with E-state index in [0.29, 0.717) is 19.7 Å². The lowest BCUT2D eigenvalue weighted by Crippen LogP contribution is -2.41. The molecule has 0 saturated carbocycles. The zero-order valence-electron chi connectivity index (χ0n) is 10.2. The predicted octanol–water partition coefficient (Wildman–Crippen LogP) is 0.542. The zero-order chi connectivity index (χ0) is 11.9. The van der Waals surface area contributed by atoms with Crippen LogP contribution in [0.15, 0.2) is 0 Å². The van der Waals surface area contributed by atoms with Crippen molar-refractivity contribution < 1.29 is 14.6 Å². The highest BCUT2D eigenvalue weighted by molar-refractivity contribution is 5.81. The van der Waals surface area contributed by atoms with E-state index in [9.17, 15) is 4.79 Å². The Balaban J connectivity index is 4.19. The summed E-state index contributed by atoms with van der Waals surface area (Å²) < 4.78 is 4.99.